The highest BCUT2D eigenvalue weighted by Gasteiger charge is 2.23. The highest BCUT2D eigenvalue weighted by molar-refractivity contribution is 5.35. The Labute approximate surface area is 71.0 Å². The smallest absolute Gasteiger partial charge is 0.221 e. The first-order valence-corrected chi connectivity index (χ1v) is 3.94. The van der Waals surface area contributed by atoms with E-state index in [4.69, 9.17) is 4.74 Å². The van der Waals surface area contributed by atoms with Crippen LogP contribution in [0.2, 0.25) is 0 Å². The maximum Gasteiger partial charge on any atom is 0.221 e. The van der Waals surface area contributed by atoms with Crippen LogP contribution in [0.4, 0.5) is 0 Å². The van der Waals surface area contributed by atoms with E-state index in [-0.39, 0.29) is 0 Å². The second-order valence-corrected chi connectivity index (χ2v) is 2.85. The molecule has 0 saturated carbocycles. The van der Waals surface area contributed by atoms with E-state index in [1.54, 1.807) is 7.11 Å². The normalized spacial score (nSPS) is 20.7. The summed E-state index contributed by atoms with van der Waals surface area (Å²) < 4.78 is 5.14. The van der Waals surface area contributed by atoms with Crippen LogP contribution in [0.1, 0.15) is 24.2 Å². The molecule has 0 radical (unpaired) electrons. The Balaban J connectivity index is 2.53. The Morgan fingerprint density at radius 1 is 1.58 bits per heavy atom. The van der Waals surface area contributed by atoms with Crippen LogP contribution in [0, 0.1) is 0 Å². The molecule has 1 atom stereocenters. The van der Waals surface area contributed by atoms with E-state index in [0.717, 1.165) is 17.8 Å². The van der Waals surface area contributed by atoms with Gasteiger partial charge >= 0.3 is 0 Å². The molecule has 4 nitrogen and oxygen atoms in total. The molecule has 12 heavy (non-hydrogen) atoms. The average Bonchev–Trinajstić information content (AvgIpc) is 2.48. The first-order valence-electron chi connectivity index (χ1n) is 3.94. The van der Waals surface area contributed by atoms with E-state index in [2.05, 4.69) is 22.2 Å². The summed E-state index contributed by atoms with van der Waals surface area (Å²) in [4.78, 5) is 8.21. The lowest BCUT2D eigenvalue weighted by atomic mass is 10.1. The van der Waals surface area contributed by atoms with E-state index in [1.165, 1.54) is 6.33 Å². The molecule has 0 saturated heterocycles. The third kappa shape index (κ3) is 0.956. The zero-order valence-corrected chi connectivity index (χ0v) is 7.16. The van der Waals surface area contributed by atoms with Gasteiger partial charge in [-0.2, -0.15) is 0 Å². The first-order chi connectivity index (χ1) is 5.83. The maximum absolute atomic E-state index is 5.14. The third-order valence-electron chi connectivity index (χ3n) is 2.13. The van der Waals surface area contributed by atoms with Gasteiger partial charge < -0.3 is 10.1 Å². The van der Waals surface area contributed by atoms with Gasteiger partial charge in [0.2, 0.25) is 5.88 Å². The van der Waals surface area contributed by atoms with Crippen molar-refractivity contribution in [3.8, 4) is 5.88 Å². The Morgan fingerprint density at radius 2 is 2.42 bits per heavy atom. The fourth-order valence-corrected chi connectivity index (χ4v) is 1.50. The predicted octanol–water partition coefficient (Wildman–Crippen LogP) is 0.649. The molecule has 1 aromatic rings. The van der Waals surface area contributed by atoms with Crippen LogP contribution in [-0.2, 0) is 6.54 Å². The second-order valence-electron chi connectivity index (χ2n) is 2.85. The van der Waals surface area contributed by atoms with Gasteiger partial charge in [0.05, 0.1) is 18.4 Å². The number of nitrogens with zero attached hydrogens (tertiary/aromatic N) is 2. The molecule has 0 spiro atoms. The molecule has 1 aromatic heterocycles. The molecule has 2 rings (SSSR count). The zero-order valence-electron chi connectivity index (χ0n) is 7.16. The molecular formula is C8H11N3O. The summed E-state index contributed by atoms with van der Waals surface area (Å²) in [5, 5.41) is 3.28. The fraction of sp³-hybridized carbons (Fsp3) is 0.500. The molecule has 4 heteroatoms. The van der Waals surface area contributed by atoms with E-state index in [9.17, 15) is 0 Å². The molecule has 2 heterocycles. The van der Waals surface area contributed by atoms with Gasteiger partial charge in [-0.1, -0.05) is 0 Å². The number of rotatable bonds is 1. The molecule has 0 aliphatic carbocycles. The largest absolute Gasteiger partial charge is 0.481 e. The quantitative estimate of drug-likeness (QED) is 0.663. The lowest BCUT2D eigenvalue weighted by Gasteiger charge is -2.07. The lowest BCUT2D eigenvalue weighted by Crippen LogP contribution is -2.08. The molecule has 0 fully saturated rings. The monoisotopic (exact) mass is 165 g/mol. The predicted molar refractivity (Wildman–Crippen MR) is 43.8 cm³/mol. The number of nitrogens with one attached hydrogen (secondary N) is 1. The highest BCUT2D eigenvalue weighted by Crippen LogP contribution is 2.29. The third-order valence-corrected chi connectivity index (χ3v) is 2.13. The minimum Gasteiger partial charge on any atom is -0.481 e. The summed E-state index contributed by atoms with van der Waals surface area (Å²) in [6, 6.07) is 0.302. The molecule has 0 amide bonds. The molecule has 0 bridgehead atoms. The lowest BCUT2D eigenvalue weighted by molar-refractivity contribution is 0.388. The summed E-state index contributed by atoms with van der Waals surface area (Å²) in [6.45, 7) is 2.90. The molecule has 64 valence electrons. The summed E-state index contributed by atoms with van der Waals surface area (Å²) in [5.41, 5.74) is 2.15. The van der Waals surface area contributed by atoms with Gasteiger partial charge in [-0.05, 0) is 6.92 Å². The molecule has 1 aliphatic heterocycles. The molecular weight excluding hydrogens is 154 g/mol. The van der Waals surface area contributed by atoms with E-state index in [0.29, 0.717) is 11.9 Å². The molecule has 1 unspecified atom stereocenters. The Kier molecular flexibility index (Phi) is 1.69. The summed E-state index contributed by atoms with van der Waals surface area (Å²) in [5.74, 6) is 0.692. The van der Waals surface area contributed by atoms with Crippen molar-refractivity contribution < 1.29 is 4.74 Å². The summed E-state index contributed by atoms with van der Waals surface area (Å²) in [7, 11) is 1.63. The minimum absolute atomic E-state index is 0.302. The number of hydrogen-bond donors (Lipinski definition) is 1. The van der Waals surface area contributed by atoms with Gasteiger partial charge in [0.1, 0.15) is 6.33 Å². The SMILES string of the molecule is COc1ncnc2c1C(C)NC2. The summed E-state index contributed by atoms with van der Waals surface area (Å²) >= 11 is 0. The van der Waals surface area contributed by atoms with Gasteiger partial charge in [-0.15, -0.1) is 0 Å². The number of methoxy groups -OCH3 is 1. The van der Waals surface area contributed by atoms with Crippen molar-refractivity contribution in [2.45, 2.75) is 19.5 Å². The van der Waals surface area contributed by atoms with E-state index >= 15 is 0 Å². The Morgan fingerprint density at radius 3 is 3.17 bits per heavy atom. The van der Waals surface area contributed by atoms with Crippen LogP contribution in [0.25, 0.3) is 0 Å². The van der Waals surface area contributed by atoms with E-state index in [1.807, 2.05) is 0 Å². The Hall–Kier alpha value is -1.16. The van der Waals surface area contributed by atoms with Crippen LogP contribution in [0.3, 0.4) is 0 Å². The van der Waals surface area contributed by atoms with Gasteiger partial charge in [-0.25, -0.2) is 9.97 Å². The van der Waals surface area contributed by atoms with Gasteiger partial charge in [0, 0.05) is 12.6 Å². The minimum atomic E-state index is 0.302. The second kappa shape index (κ2) is 2.71. The first kappa shape index (κ1) is 7.49. The zero-order chi connectivity index (χ0) is 8.55. The van der Waals surface area contributed by atoms with Crippen molar-refractivity contribution in [2.75, 3.05) is 7.11 Å². The Bertz CT molecular complexity index is 300. The van der Waals surface area contributed by atoms with Crippen molar-refractivity contribution in [2.24, 2.45) is 0 Å². The number of aromatic nitrogens is 2. The van der Waals surface area contributed by atoms with Gasteiger partial charge in [0.15, 0.2) is 0 Å². The van der Waals surface area contributed by atoms with Gasteiger partial charge in [-0.3, -0.25) is 0 Å². The van der Waals surface area contributed by atoms with Crippen molar-refractivity contribution >= 4 is 0 Å². The number of fused-ring (bicyclic) bond motifs is 1. The number of hydrogen-bond acceptors (Lipinski definition) is 4. The maximum atomic E-state index is 5.14. The van der Waals surface area contributed by atoms with Crippen molar-refractivity contribution in [1.82, 2.24) is 15.3 Å². The van der Waals surface area contributed by atoms with Crippen molar-refractivity contribution in [3.05, 3.63) is 17.6 Å². The van der Waals surface area contributed by atoms with Crippen LogP contribution < -0.4 is 10.1 Å². The fourth-order valence-electron chi connectivity index (χ4n) is 1.50. The van der Waals surface area contributed by atoms with Gasteiger partial charge in [0.25, 0.3) is 0 Å². The molecule has 1 aliphatic rings. The number of ether oxygens (including phenoxy) is 1. The van der Waals surface area contributed by atoms with Crippen molar-refractivity contribution in [3.63, 3.8) is 0 Å². The highest BCUT2D eigenvalue weighted by atomic mass is 16.5. The van der Waals surface area contributed by atoms with Crippen LogP contribution in [0.15, 0.2) is 6.33 Å². The molecule has 0 aromatic carbocycles. The van der Waals surface area contributed by atoms with E-state index < -0.39 is 0 Å². The standard InChI is InChI=1S/C8H11N3O/c1-5-7-6(3-9-5)10-4-11-8(7)12-2/h4-5,9H,3H2,1-2H3. The topological polar surface area (TPSA) is 47.0 Å². The van der Waals surface area contributed by atoms with Crippen molar-refractivity contribution in [1.29, 1.82) is 0 Å². The molecule has 1 N–H and O–H groups in total. The van der Waals surface area contributed by atoms with Crippen LogP contribution in [0.5, 0.6) is 5.88 Å². The van der Waals surface area contributed by atoms with Crippen LogP contribution >= 0.6 is 0 Å². The van der Waals surface area contributed by atoms with Crippen LogP contribution in [-0.4, -0.2) is 17.1 Å². The average molecular weight is 165 g/mol. The summed E-state index contributed by atoms with van der Waals surface area (Å²) in [6.07, 6.45) is 1.54.